The van der Waals surface area contributed by atoms with Crippen molar-refractivity contribution in [1.82, 2.24) is 19.9 Å². The standard InChI is InChI=1S/C20H16F4N4O/c21-15-8-12(7-14(9-15)20(22,23)24)10-28-6-3-17-16(11-28)19(29)27-18(26-17)13-1-4-25-5-2-13/h1-2,4-5,7-9H,3,6,10-11H2,(H,26,27,29). The minimum atomic E-state index is -4.62. The highest BCUT2D eigenvalue weighted by molar-refractivity contribution is 5.54. The van der Waals surface area contributed by atoms with Gasteiger partial charge in [0.15, 0.2) is 0 Å². The molecule has 0 spiro atoms. The zero-order chi connectivity index (χ0) is 20.6. The minimum absolute atomic E-state index is 0.103. The zero-order valence-corrected chi connectivity index (χ0v) is 15.1. The number of rotatable bonds is 3. The number of pyridine rings is 1. The van der Waals surface area contributed by atoms with Gasteiger partial charge in [-0.1, -0.05) is 0 Å². The first-order chi connectivity index (χ1) is 13.8. The lowest BCUT2D eigenvalue weighted by Crippen LogP contribution is -2.35. The summed E-state index contributed by atoms with van der Waals surface area (Å²) in [4.78, 5) is 25.6. The van der Waals surface area contributed by atoms with Gasteiger partial charge in [0, 0.05) is 44.0 Å². The maximum Gasteiger partial charge on any atom is 0.416 e. The van der Waals surface area contributed by atoms with Crippen LogP contribution in [0.4, 0.5) is 17.6 Å². The van der Waals surface area contributed by atoms with Crippen molar-refractivity contribution < 1.29 is 17.6 Å². The number of fused-ring (bicyclic) bond motifs is 1. The number of H-pyrrole nitrogens is 1. The molecule has 0 amide bonds. The number of alkyl halides is 3. The second kappa shape index (κ2) is 7.40. The number of benzene rings is 1. The average molecular weight is 404 g/mol. The lowest BCUT2D eigenvalue weighted by Gasteiger charge is -2.28. The fraction of sp³-hybridized carbons (Fsp3) is 0.250. The van der Waals surface area contributed by atoms with E-state index >= 15 is 0 Å². The Labute approximate surface area is 163 Å². The fourth-order valence-corrected chi connectivity index (χ4v) is 3.43. The van der Waals surface area contributed by atoms with E-state index in [0.29, 0.717) is 36.1 Å². The van der Waals surface area contributed by atoms with Crippen LogP contribution in [0, 0.1) is 5.82 Å². The summed E-state index contributed by atoms with van der Waals surface area (Å²) in [5, 5.41) is 0. The molecular formula is C20H16F4N4O. The number of hydrogen-bond donors (Lipinski definition) is 1. The lowest BCUT2D eigenvalue weighted by molar-refractivity contribution is -0.137. The normalized spacial score (nSPS) is 14.6. The summed E-state index contributed by atoms with van der Waals surface area (Å²) in [6, 6.07) is 5.97. The third kappa shape index (κ3) is 4.19. The van der Waals surface area contributed by atoms with Crippen LogP contribution >= 0.6 is 0 Å². The Bertz CT molecular complexity index is 1100. The first kappa shape index (κ1) is 19.3. The summed E-state index contributed by atoms with van der Waals surface area (Å²) < 4.78 is 52.4. The Morgan fingerprint density at radius 2 is 1.90 bits per heavy atom. The topological polar surface area (TPSA) is 61.9 Å². The molecule has 150 valence electrons. The van der Waals surface area contributed by atoms with Crippen molar-refractivity contribution in [2.45, 2.75) is 25.7 Å². The van der Waals surface area contributed by atoms with Gasteiger partial charge in [-0.15, -0.1) is 0 Å². The second-order valence-corrected chi connectivity index (χ2v) is 6.88. The molecule has 5 nitrogen and oxygen atoms in total. The number of nitrogens with zero attached hydrogens (tertiary/aromatic N) is 3. The average Bonchev–Trinajstić information content (AvgIpc) is 2.68. The number of hydrogen-bond acceptors (Lipinski definition) is 4. The van der Waals surface area contributed by atoms with E-state index in [0.717, 1.165) is 17.7 Å². The number of halogens is 4. The van der Waals surface area contributed by atoms with Gasteiger partial charge in [0.25, 0.3) is 5.56 Å². The summed E-state index contributed by atoms with van der Waals surface area (Å²) in [5.74, 6) is -0.488. The molecule has 0 radical (unpaired) electrons. The van der Waals surface area contributed by atoms with Crippen LogP contribution in [-0.4, -0.2) is 26.4 Å². The maximum absolute atomic E-state index is 13.6. The monoisotopic (exact) mass is 404 g/mol. The van der Waals surface area contributed by atoms with E-state index in [1.807, 2.05) is 0 Å². The molecule has 4 rings (SSSR count). The lowest BCUT2D eigenvalue weighted by atomic mass is 10.0. The quantitative estimate of drug-likeness (QED) is 0.679. The van der Waals surface area contributed by atoms with Crippen molar-refractivity contribution in [3.63, 3.8) is 0 Å². The van der Waals surface area contributed by atoms with Crippen molar-refractivity contribution in [3.8, 4) is 11.4 Å². The predicted octanol–water partition coefficient (Wildman–Crippen LogP) is 3.55. The molecule has 0 atom stereocenters. The molecule has 1 aliphatic heterocycles. The SMILES string of the molecule is O=c1[nH]c(-c2ccncc2)nc2c1CN(Cc1cc(F)cc(C(F)(F)F)c1)CC2. The zero-order valence-electron chi connectivity index (χ0n) is 15.1. The molecule has 1 N–H and O–H groups in total. The van der Waals surface area contributed by atoms with Crippen LogP contribution < -0.4 is 5.56 Å². The number of nitrogens with one attached hydrogen (secondary N) is 1. The first-order valence-corrected chi connectivity index (χ1v) is 8.91. The first-order valence-electron chi connectivity index (χ1n) is 8.91. The van der Waals surface area contributed by atoms with E-state index in [-0.39, 0.29) is 24.2 Å². The van der Waals surface area contributed by atoms with Gasteiger partial charge in [-0.25, -0.2) is 9.37 Å². The molecule has 1 aromatic carbocycles. The highest BCUT2D eigenvalue weighted by Gasteiger charge is 2.31. The Morgan fingerprint density at radius 1 is 1.14 bits per heavy atom. The molecule has 0 saturated carbocycles. The molecule has 3 aromatic rings. The van der Waals surface area contributed by atoms with E-state index in [2.05, 4.69) is 15.0 Å². The molecule has 0 bridgehead atoms. The van der Waals surface area contributed by atoms with Crippen LogP contribution in [0.2, 0.25) is 0 Å². The Hall–Kier alpha value is -3.07. The van der Waals surface area contributed by atoms with Gasteiger partial charge in [0.1, 0.15) is 11.6 Å². The van der Waals surface area contributed by atoms with Crippen LogP contribution in [-0.2, 0) is 25.7 Å². The maximum atomic E-state index is 13.6. The van der Waals surface area contributed by atoms with E-state index in [1.165, 1.54) is 0 Å². The van der Waals surface area contributed by atoms with Crippen molar-refractivity contribution in [1.29, 1.82) is 0 Å². The molecule has 1 aliphatic rings. The van der Waals surface area contributed by atoms with Crippen LogP contribution in [0.1, 0.15) is 22.4 Å². The highest BCUT2D eigenvalue weighted by Crippen LogP contribution is 2.31. The molecule has 0 saturated heterocycles. The predicted molar refractivity (Wildman–Crippen MR) is 97.3 cm³/mol. The molecule has 3 heterocycles. The van der Waals surface area contributed by atoms with Gasteiger partial charge in [0.2, 0.25) is 0 Å². The van der Waals surface area contributed by atoms with Crippen LogP contribution in [0.25, 0.3) is 11.4 Å². The summed E-state index contributed by atoms with van der Waals surface area (Å²) in [5.41, 5.74) is 0.766. The summed E-state index contributed by atoms with van der Waals surface area (Å²) in [6.07, 6.45) is -0.941. The molecule has 29 heavy (non-hydrogen) atoms. The van der Waals surface area contributed by atoms with Crippen LogP contribution in [0.5, 0.6) is 0 Å². The van der Waals surface area contributed by atoms with Gasteiger partial charge in [-0.3, -0.25) is 14.7 Å². The van der Waals surface area contributed by atoms with E-state index < -0.39 is 17.6 Å². The van der Waals surface area contributed by atoms with Crippen LogP contribution in [0.3, 0.4) is 0 Å². The second-order valence-electron chi connectivity index (χ2n) is 6.88. The van der Waals surface area contributed by atoms with Gasteiger partial charge in [-0.2, -0.15) is 13.2 Å². The Balaban J connectivity index is 1.57. The van der Waals surface area contributed by atoms with Gasteiger partial charge in [-0.05, 0) is 35.9 Å². The smallest absolute Gasteiger partial charge is 0.306 e. The van der Waals surface area contributed by atoms with Crippen molar-refractivity contribution >= 4 is 0 Å². The number of aromatic amines is 1. The Kier molecular flexibility index (Phi) is 4.91. The third-order valence-corrected chi connectivity index (χ3v) is 4.79. The molecule has 9 heteroatoms. The molecule has 2 aromatic heterocycles. The molecule has 0 unspecified atom stereocenters. The summed E-state index contributed by atoms with van der Waals surface area (Å²) in [6.45, 7) is 0.828. The Morgan fingerprint density at radius 3 is 2.62 bits per heavy atom. The fourth-order valence-electron chi connectivity index (χ4n) is 3.43. The van der Waals surface area contributed by atoms with Gasteiger partial charge >= 0.3 is 6.18 Å². The van der Waals surface area contributed by atoms with Crippen molar-refractivity contribution in [3.05, 3.63) is 81.3 Å². The van der Waals surface area contributed by atoms with Crippen LogP contribution in [0.15, 0.2) is 47.5 Å². The summed E-state index contributed by atoms with van der Waals surface area (Å²) >= 11 is 0. The van der Waals surface area contributed by atoms with E-state index in [9.17, 15) is 22.4 Å². The van der Waals surface area contributed by atoms with E-state index in [1.54, 1.807) is 29.4 Å². The minimum Gasteiger partial charge on any atom is -0.306 e. The van der Waals surface area contributed by atoms with E-state index in [4.69, 9.17) is 0 Å². The molecule has 0 aliphatic carbocycles. The van der Waals surface area contributed by atoms with Crippen molar-refractivity contribution in [2.24, 2.45) is 0 Å². The third-order valence-electron chi connectivity index (χ3n) is 4.79. The van der Waals surface area contributed by atoms with Gasteiger partial charge < -0.3 is 4.98 Å². The largest absolute Gasteiger partial charge is 0.416 e. The highest BCUT2D eigenvalue weighted by atomic mass is 19.4. The number of aromatic nitrogens is 3. The molecular weight excluding hydrogens is 388 g/mol. The molecule has 0 fully saturated rings. The van der Waals surface area contributed by atoms with Crippen molar-refractivity contribution in [2.75, 3.05) is 6.54 Å². The summed E-state index contributed by atoms with van der Waals surface area (Å²) in [7, 11) is 0. The van der Waals surface area contributed by atoms with Gasteiger partial charge in [0.05, 0.1) is 16.8 Å².